The molecule has 2 aromatic carbocycles. The summed E-state index contributed by atoms with van der Waals surface area (Å²) in [5.74, 6) is -0.362. The highest BCUT2D eigenvalue weighted by Crippen LogP contribution is 2.30. The summed E-state index contributed by atoms with van der Waals surface area (Å²) in [7, 11) is 0. The molecule has 2 N–H and O–H groups in total. The molecule has 1 aromatic heterocycles. The van der Waals surface area contributed by atoms with Crippen molar-refractivity contribution < 1.29 is 14.3 Å². The van der Waals surface area contributed by atoms with Gasteiger partial charge in [0.05, 0.1) is 16.7 Å². The van der Waals surface area contributed by atoms with E-state index < -0.39 is 11.7 Å². The fourth-order valence-electron chi connectivity index (χ4n) is 3.43. The lowest BCUT2D eigenvalue weighted by atomic mass is 10.1. The molecule has 0 aliphatic heterocycles. The molecule has 0 bridgehead atoms. The summed E-state index contributed by atoms with van der Waals surface area (Å²) in [6.07, 6.45) is -0.580. The van der Waals surface area contributed by atoms with Crippen LogP contribution in [0.1, 0.15) is 20.8 Å². The van der Waals surface area contributed by atoms with Crippen LogP contribution in [-0.4, -0.2) is 60.2 Å². The quantitative estimate of drug-likeness (QED) is 0.159. The second-order valence-corrected chi connectivity index (χ2v) is 8.65. The van der Waals surface area contributed by atoms with Crippen molar-refractivity contribution >= 4 is 39.5 Å². The van der Waals surface area contributed by atoms with Crippen LogP contribution in [0.2, 0.25) is 0 Å². The first-order chi connectivity index (χ1) is 16.3. The molecule has 0 aliphatic rings. The zero-order valence-corrected chi connectivity index (χ0v) is 19.6. The highest BCUT2D eigenvalue weighted by molar-refractivity contribution is 6.07. The third kappa shape index (κ3) is 6.73. The minimum atomic E-state index is -0.696. The molecule has 10 heteroatoms. The molecule has 10 nitrogen and oxygen atoms in total. The molecule has 0 aliphatic carbocycles. The Kier molecular flexibility index (Phi) is 8.10. The summed E-state index contributed by atoms with van der Waals surface area (Å²) < 4.78 is 5.49. The van der Waals surface area contributed by atoms with Gasteiger partial charge in [-0.15, -0.1) is 0 Å². The zero-order chi connectivity index (χ0) is 24.6. The number of amides is 2. The number of carbonyl (C=O) groups excluding carboxylic acids is 2. The number of fused-ring (bicyclic) bond motifs is 2. The number of rotatable bonds is 9. The second kappa shape index (κ2) is 11.2. The van der Waals surface area contributed by atoms with Crippen molar-refractivity contribution in [2.24, 2.45) is 5.11 Å². The van der Waals surface area contributed by atoms with Crippen molar-refractivity contribution in [1.29, 1.82) is 0 Å². The fraction of sp³-hybridized carbons (Fsp3) is 0.375. The predicted octanol–water partition coefficient (Wildman–Crippen LogP) is 4.46. The molecule has 0 saturated heterocycles. The van der Waals surface area contributed by atoms with E-state index in [1.54, 1.807) is 20.8 Å². The van der Waals surface area contributed by atoms with E-state index in [0.29, 0.717) is 6.54 Å². The SMILES string of the molecule is CC(C)(C)OC(=O)N(CCNc1c2ccccc2nc2ccccc12)CC(=O)NCCN=[N+]=[N-]. The van der Waals surface area contributed by atoms with Crippen LogP contribution in [0.4, 0.5) is 10.5 Å². The van der Waals surface area contributed by atoms with Crippen LogP contribution in [0.15, 0.2) is 53.6 Å². The topological polar surface area (TPSA) is 132 Å². The standard InChI is InChI=1S/C24H29N7O3/c1-24(2,3)34-23(33)31(16-21(32)26-12-13-28-30-25)15-14-27-22-17-8-4-6-10-19(17)29-20-11-7-5-9-18(20)22/h4-11H,12-16H2,1-3H3,(H,26,32)(H,27,29). The number of aromatic nitrogens is 1. The Balaban J connectivity index is 1.75. The Morgan fingerprint density at radius 1 is 1.06 bits per heavy atom. The molecule has 0 atom stereocenters. The molecule has 0 radical (unpaired) electrons. The number of anilines is 1. The summed E-state index contributed by atoms with van der Waals surface area (Å²) >= 11 is 0. The van der Waals surface area contributed by atoms with Gasteiger partial charge in [0, 0.05) is 41.9 Å². The second-order valence-electron chi connectivity index (χ2n) is 8.65. The molecule has 3 aromatic rings. The van der Waals surface area contributed by atoms with E-state index in [-0.39, 0.29) is 32.1 Å². The number of ether oxygens (including phenoxy) is 1. The monoisotopic (exact) mass is 463 g/mol. The largest absolute Gasteiger partial charge is 0.444 e. The first-order valence-corrected chi connectivity index (χ1v) is 11.1. The van der Waals surface area contributed by atoms with Gasteiger partial charge in [0.1, 0.15) is 12.1 Å². The molecule has 0 saturated carbocycles. The number of nitrogens with zero attached hydrogens (tertiary/aromatic N) is 5. The van der Waals surface area contributed by atoms with Crippen LogP contribution < -0.4 is 10.6 Å². The molecule has 0 fully saturated rings. The van der Waals surface area contributed by atoms with E-state index in [1.165, 1.54) is 4.90 Å². The van der Waals surface area contributed by atoms with Crippen molar-refractivity contribution in [2.45, 2.75) is 26.4 Å². The molecule has 0 spiro atoms. The van der Waals surface area contributed by atoms with E-state index in [2.05, 4.69) is 20.7 Å². The molecule has 0 unspecified atom stereocenters. The third-order valence-corrected chi connectivity index (χ3v) is 4.85. The van der Waals surface area contributed by atoms with Gasteiger partial charge in [-0.3, -0.25) is 9.69 Å². The first kappa shape index (κ1) is 24.6. The van der Waals surface area contributed by atoms with E-state index >= 15 is 0 Å². The number of para-hydroxylation sites is 2. The van der Waals surface area contributed by atoms with Gasteiger partial charge >= 0.3 is 6.09 Å². The molecular weight excluding hydrogens is 434 g/mol. The average Bonchev–Trinajstić information content (AvgIpc) is 2.79. The summed E-state index contributed by atoms with van der Waals surface area (Å²) in [5, 5.41) is 11.4. The van der Waals surface area contributed by atoms with Crippen LogP contribution in [0.5, 0.6) is 0 Å². The lowest BCUT2D eigenvalue weighted by Gasteiger charge is -2.27. The van der Waals surface area contributed by atoms with E-state index in [4.69, 9.17) is 15.3 Å². The van der Waals surface area contributed by atoms with E-state index in [9.17, 15) is 9.59 Å². The predicted molar refractivity (Wildman–Crippen MR) is 133 cm³/mol. The summed E-state index contributed by atoms with van der Waals surface area (Å²) in [4.78, 5) is 33.8. The Morgan fingerprint density at radius 3 is 2.26 bits per heavy atom. The van der Waals surface area contributed by atoms with Crippen LogP contribution in [0, 0.1) is 0 Å². The molecule has 3 rings (SSSR count). The Labute approximate surface area is 197 Å². The lowest BCUT2D eigenvalue weighted by molar-refractivity contribution is -0.122. The minimum absolute atomic E-state index is 0.137. The van der Waals surface area contributed by atoms with Crippen molar-refractivity contribution in [2.75, 3.05) is 38.0 Å². The number of carbonyl (C=O) groups is 2. The maximum Gasteiger partial charge on any atom is 0.410 e. The van der Waals surface area contributed by atoms with Gasteiger partial charge in [0.15, 0.2) is 0 Å². The average molecular weight is 464 g/mol. The number of hydrogen-bond donors (Lipinski definition) is 2. The highest BCUT2D eigenvalue weighted by Gasteiger charge is 2.24. The molecule has 2 amide bonds. The number of nitrogens with one attached hydrogen (secondary N) is 2. The van der Waals surface area contributed by atoms with Gasteiger partial charge in [-0.25, -0.2) is 9.78 Å². The Hall–Kier alpha value is -4.04. The maximum atomic E-state index is 12.8. The van der Waals surface area contributed by atoms with Crippen molar-refractivity contribution in [3.8, 4) is 0 Å². The molecule has 178 valence electrons. The first-order valence-electron chi connectivity index (χ1n) is 11.1. The van der Waals surface area contributed by atoms with Gasteiger partial charge in [-0.1, -0.05) is 41.5 Å². The number of hydrogen-bond acceptors (Lipinski definition) is 6. The fourth-order valence-corrected chi connectivity index (χ4v) is 3.43. The third-order valence-electron chi connectivity index (χ3n) is 4.85. The Bertz CT molecular complexity index is 1160. The van der Waals surface area contributed by atoms with Crippen LogP contribution >= 0.6 is 0 Å². The highest BCUT2D eigenvalue weighted by atomic mass is 16.6. The summed E-state index contributed by atoms with van der Waals surface area (Å²) in [6, 6.07) is 15.7. The van der Waals surface area contributed by atoms with Crippen molar-refractivity contribution in [3.63, 3.8) is 0 Å². The van der Waals surface area contributed by atoms with Crippen LogP contribution in [-0.2, 0) is 9.53 Å². The normalized spacial score (nSPS) is 11.0. The summed E-state index contributed by atoms with van der Waals surface area (Å²) in [6.45, 7) is 6.11. The molecule has 34 heavy (non-hydrogen) atoms. The number of azide groups is 1. The van der Waals surface area contributed by atoms with Gasteiger partial charge in [-0.05, 0) is 38.4 Å². The molecular formula is C24H29N7O3. The number of pyridine rings is 1. The van der Waals surface area contributed by atoms with Gasteiger partial charge < -0.3 is 15.4 Å². The Morgan fingerprint density at radius 2 is 1.68 bits per heavy atom. The van der Waals surface area contributed by atoms with Crippen molar-refractivity contribution in [3.05, 3.63) is 59.0 Å². The zero-order valence-electron chi connectivity index (χ0n) is 19.6. The van der Waals surface area contributed by atoms with E-state index in [0.717, 1.165) is 27.5 Å². The van der Waals surface area contributed by atoms with Crippen LogP contribution in [0.3, 0.4) is 0 Å². The maximum absolute atomic E-state index is 12.8. The van der Waals surface area contributed by atoms with E-state index in [1.807, 2.05) is 48.5 Å². The van der Waals surface area contributed by atoms with Crippen LogP contribution in [0.25, 0.3) is 32.2 Å². The van der Waals surface area contributed by atoms with Gasteiger partial charge in [-0.2, -0.15) is 0 Å². The summed E-state index contributed by atoms with van der Waals surface area (Å²) in [5.41, 5.74) is 10.3. The van der Waals surface area contributed by atoms with Gasteiger partial charge in [0.2, 0.25) is 5.91 Å². The molecule has 1 heterocycles. The smallest absolute Gasteiger partial charge is 0.410 e. The van der Waals surface area contributed by atoms with Gasteiger partial charge in [0.25, 0.3) is 0 Å². The lowest BCUT2D eigenvalue weighted by Crippen LogP contribution is -2.45. The minimum Gasteiger partial charge on any atom is -0.444 e. The number of benzene rings is 2. The van der Waals surface area contributed by atoms with Crippen molar-refractivity contribution in [1.82, 2.24) is 15.2 Å².